The average molecular weight is 319 g/mol. The predicted molar refractivity (Wildman–Crippen MR) is 87.4 cm³/mol. The Hall–Kier alpha value is -2.21. The summed E-state index contributed by atoms with van der Waals surface area (Å²) in [5.74, 6) is -0.405. The van der Waals surface area contributed by atoms with Gasteiger partial charge in [-0.2, -0.15) is 0 Å². The first kappa shape index (κ1) is 17.1. The van der Waals surface area contributed by atoms with Crippen LogP contribution in [-0.2, 0) is 9.59 Å². The molecule has 1 aliphatic heterocycles. The fourth-order valence-corrected chi connectivity index (χ4v) is 2.61. The van der Waals surface area contributed by atoms with E-state index >= 15 is 0 Å². The van der Waals surface area contributed by atoms with Crippen molar-refractivity contribution in [1.29, 1.82) is 0 Å². The predicted octanol–water partition coefficient (Wildman–Crippen LogP) is 1.78. The summed E-state index contributed by atoms with van der Waals surface area (Å²) in [4.78, 5) is 25.9. The van der Waals surface area contributed by atoms with Gasteiger partial charge >= 0.3 is 0 Å². The lowest BCUT2D eigenvalue weighted by molar-refractivity contribution is -0.126. The number of amides is 2. The van der Waals surface area contributed by atoms with Gasteiger partial charge in [0.25, 0.3) is 0 Å². The molecule has 23 heavy (non-hydrogen) atoms. The van der Waals surface area contributed by atoms with Gasteiger partial charge in [0.1, 0.15) is 5.82 Å². The Balaban J connectivity index is 1.73. The molecule has 124 valence electrons. The van der Waals surface area contributed by atoms with E-state index in [1.165, 1.54) is 24.3 Å². The zero-order valence-electron chi connectivity index (χ0n) is 13.1. The standard InChI is InChI=1S/C17H22FN3O2/c1-2-9-19-17(23)13-7-10-21(11-8-13)12-16(22)20-15-5-3-14(18)4-6-15/h2-6,13H,1,7-12H2,(H,19,23)(H,20,22). The minimum atomic E-state index is -0.334. The van der Waals surface area contributed by atoms with E-state index in [2.05, 4.69) is 17.2 Å². The number of hydrogen-bond acceptors (Lipinski definition) is 3. The lowest BCUT2D eigenvalue weighted by Crippen LogP contribution is -2.43. The quantitative estimate of drug-likeness (QED) is 0.786. The number of rotatable bonds is 6. The van der Waals surface area contributed by atoms with Crippen LogP contribution in [0.1, 0.15) is 12.8 Å². The normalized spacial score (nSPS) is 15.9. The van der Waals surface area contributed by atoms with Crippen molar-refractivity contribution in [1.82, 2.24) is 10.2 Å². The lowest BCUT2D eigenvalue weighted by Gasteiger charge is -2.30. The van der Waals surface area contributed by atoms with Crippen LogP contribution in [0.25, 0.3) is 0 Å². The van der Waals surface area contributed by atoms with Crippen molar-refractivity contribution in [2.24, 2.45) is 5.92 Å². The first-order valence-electron chi connectivity index (χ1n) is 7.75. The highest BCUT2D eigenvalue weighted by Crippen LogP contribution is 2.17. The fraction of sp³-hybridized carbons (Fsp3) is 0.412. The molecule has 0 radical (unpaired) electrons. The summed E-state index contributed by atoms with van der Waals surface area (Å²) in [7, 11) is 0. The van der Waals surface area contributed by atoms with Gasteiger partial charge in [-0.3, -0.25) is 14.5 Å². The third kappa shape index (κ3) is 5.49. The molecule has 2 amide bonds. The summed E-state index contributed by atoms with van der Waals surface area (Å²) in [6.07, 6.45) is 3.15. The number of carbonyl (C=O) groups is 2. The number of carbonyl (C=O) groups excluding carboxylic acids is 2. The number of nitrogens with zero attached hydrogens (tertiary/aromatic N) is 1. The van der Waals surface area contributed by atoms with Gasteiger partial charge < -0.3 is 10.6 Å². The molecular formula is C17H22FN3O2. The molecule has 1 heterocycles. The van der Waals surface area contributed by atoms with Crippen LogP contribution in [0.5, 0.6) is 0 Å². The molecule has 0 spiro atoms. The van der Waals surface area contributed by atoms with Crippen molar-refractivity contribution < 1.29 is 14.0 Å². The molecule has 0 unspecified atom stereocenters. The van der Waals surface area contributed by atoms with Crippen LogP contribution in [0.15, 0.2) is 36.9 Å². The largest absolute Gasteiger partial charge is 0.352 e. The Morgan fingerprint density at radius 3 is 2.52 bits per heavy atom. The number of halogens is 1. The monoisotopic (exact) mass is 319 g/mol. The van der Waals surface area contributed by atoms with Crippen molar-refractivity contribution in [3.63, 3.8) is 0 Å². The third-order valence-electron chi connectivity index (χ3n) is 3.87. The molecule has 2 rings (SSSR count). The lowest BCUT2D eigenvalue weighted by atomic mass is 9.96. The summed E-state index contributed by atoms with van der Waals surface area (Å²) in [5, 5.41) is 5.55. The first-order valence-corrected chi connectivity index (χ1v) is 7.75. The Labute approximate surface area is 135 Å². The second-order valence-corrected chi connectivity index (χ2v) is 5.64. The molecule has 1 saturated heterocycles. The maximum atomic E-state index is 12.8. The Bertz CT molecular complexity index is 551. The van der Waals surface area contributed by atoms with Gasteiger partial charge in [-0.1, -0.05) is 6.08 Å². The number of likely N-dealkylation sites (tertiary alicyclic amines) is 1. The van der Waals surface area contributed by atoms with Crippen LogP contribution in [-0.4, -0.2) is 42.9 Å². The Morgan fingerprint density at radius 1 is 1.26 bits per heavy atom. The minimum Gasteiger partial charge on any atom is -0.352 e. The highest BCUT2D eigenvalue weighted by molar-refractivity contribution is 5.92. The zero-order chi connectivity index (χ0) is 16.7. The van der Waals surface area contributed by atoms with Gasteiger partial charge in [0.05, 0.1) is 6.54 Å². The molecule has 0 saturated carbocycles. The van der Waals surface area contributed by atoms with Crippen molar-refractivity contribution in [2.75, 3.05) is 31.5 Å². The second-order valence-electron chi connectivity index (χ2n) is 5.64. The molecular weight excluding hydrogens is 297 g/mol. The molecule has 0 aliphatic carbocycles. The highest BCUT2D eigenvalue weighted by Gasteiger charge is 2.25. The van der Waals surface area contributed by atoms with Crippen LogP contribution in [0.3, 0.4) is 0 Å². The summed E-state index contributed by atoms with van der Waals surface area (Å²) in [5.41, 5.74) is 0.579. The van der Waals surface area contributed by atoms with Crippen molar-refractivity contribution in [3.8, 4) is 0 Å². The van der Waals surface area contributed by atoms with Crippen LogP contribution in [0.4, 0.5) is 10.1 Å². The maximum absolute atomic E-state index is 12.8. The summed E-state index contributed by atoms with van der Waals surface area (Å²) < 4.78 is 12.8. The van der Waals surface area contributed by atoms with Gasteiger partial charge in [-0.25, -0.2) is 4.39 Å². The number of benzene rings is 1. The molecule has 0 aromatic heterocycles. The van der Waals surface area contributed by atoms with E-state index in [4.69, 9.17) is 0 Å². The SMILES string of the molecule is C=CCNC(=O)C1CCN(CC(=O)Nc2ccc(F)cc2)CC1. The van der Waals surface area contributed by atoms with E-state index < -0.39 is 0 Å². The Kier molecular flexibility index (Phi) is 6.29. The number of piperidine rings is 1. The number of nitrogens with one attached hydrogen (secondary N) is 2. The maximum Gasteiger partial charge on any atom is 0.238 e. The number of hydrogen-bond donors (Lipinski definition) is 2. The third-order valence-corrected chi connectivity index (χ3v) is 3.87. The van der Waals surface area contributed by atoms with Crippen molar-refractivity contribution in [3.05, 3.63) is 42.7 Å². The van der Waals surface area contributed by atoms with Gasteiger partial charge in [-0.05, 0) is 50.2 Å². The van der Waals surface area contributed by atoms with E-state index in [1.54, 1.807) is 6.08 Å². The zero-order valence-corrected chi connectivity index (χ0v) is 13.1. The van der Waals surface area contributed by atoms with Gasteiger partial charge in [0.15, 0.2) is 0 Å². The average Bonchev–Trinajstić information content (AvgIpc) is 2.55. The molecule has 0 bridgehead atoms. The van der Waals surface area contributed by atoms with Gasteiger partial charge in [0.2, 0.25) is 11.8 Å². The molecule has 1 fully saturated rings. The highest BCUT2D eigenvalue weighted by atomic mass is 19.1. The molecule has 2 N–H and O–H groups in total. The van der Waals surface area contributed by atoms with E-state index in [9.17, 15) is 14.0 Å². The van der Waals surface area contributed by atoms with Crippen LogP contribution in [0, 0.1) is 11.7 Å². The summed E-state index contributed by atoms with van der Waals surface area (Å²) >= 11 is 0. The van der Waals surface area contributed by atoms with E-state index in [0.717, 1.165) is 12.8 Å². The summed E-state index contributed by atoms with van der Waals surface area (Å²) in [6, 6.07) is 5.68. The topological polar surface area (TPSA) is 61.4 Å². The molecule has 1 aliphatic rings. The van der Waals surface area contributed by atoms with Crippen molar-refractivity contribution in [2.45, 2.75) is 12.8 Å². The van der Waals surface area contributed by atoms with Crippen LogP contribution in [0.2, 0.25) is 0 Å². The van der Waals surface area contributed by atoms with E-state index in [-0.39, 0.29) is 30.1 Å². The molecule has 5 nitrogen and oxygen atoms in total. The number of anilines is 1. The minimum absolute atomic E-state index is 0.00589. The van der Waals surface area contributed by atoms with Crippen molar-refractivity contribution >= 4 is 17.5 Å². The Morgan fingerprint density at radius 2 is 1.91 bits per heavy atom. The van der Waals surface area contributed by atoms with Crippen LogP contribution < -0.4 is 10.6 Å². The van der Waals surface area contributed by atoms with Crippen LogP contribution >= 0.6 is 0 Å². The molecule has 0 atom stereocenters. The molecule has 1 aromatic carbocycles. The molecule has 1 aromatic rings. The second kappa shape index (κ2) is 8.43. The first-order chi connectivity index (χ1) is 11.1. The van der Waals surface area contributed by atoms with Gasteiger partial charge in [-0.15, -0.1) is 6.58 Å². The molecule has 6 heteroatoms. The van der Waals surface area contributed by atoms with E-state index in [0.29, 0.717) is 25.3 Å². The fourth-order valence-electron chi connectivity index (χ4n) is 2.61. The van der Waals surface area contributed by atoms with Gasteiger partial charge in [0, 0.05) is 18.2 Å². The van der Waals surface area contributed by atoms with E-state index in [1.807, 2.05) is 4.90 Å². The summed E-state index contributed by atoms with van der Waals surface area (Å²) in [6.45, 7) is 5.76. The smallest absolute Gasteiger partial charge is 0.238 e.